The van der Waals surface area contributed by atoms with E-state index >= 15 is 0 Å². The van der Waals surface area contributed by atoms with Crippen LogP contribution in [0.25, 0.3) is 0 Å². The first-order valence-electron chi connectivity index (χ1n) is 6.82. The number of benzene rings is 1. The second kappa shape index (κ2) is 7.17. The number of methoxy groups -OCH3 is 1. The van der Waals surface area contributed by atoms with E-state index in [0.29, 0.717) is 17.5 Å². The summed E-state index contributed by atoms with van der Waals surface area (Å²) in [4.78, 5) is 12.0. The van der Waals surface area contributed by atoms with Gasteiger partial charge in [0.15, 0.2) is 0 Å². The van der Waals surface area contributed by atoms with Crippen LogP contribution in [0.5, 0.6) is 5.75 Å². The van der Waals surface area contributed by atoms with E-state index in [1.165, 1.54) is 11.3 Å². The number of hydrogen-bond donors (Lipinski definition) is 1. The molecule has 1 heterocycles. The van der Waals surface area contributed by atoms with Gasteiger partial charge in [-0.3, -0.25) is 4.79 Å². The summed E-state index contributed by atoms with van der Waals surface area (Å²) in [5.41, 5.74) is 0.931. The van der Waals surface area contributed by atoms with E-state index in [9.17, 15) is 4.79 Å². The molecule has 112 valence electrons. The van der Waals surface area contributed by atoms with Crippen molar-refractivity contribution in [3.05, 3.63) is 34.8 Å². The molecule has 1 amide bonds. The molecule has 0 atom stereocenters. The lowest BCUT2D eigenvalue weighted by Crippen LogP contribution is -2.14. The zero-order valence-electron chi connectivity index (χ0n) is 12.4. The highest BCUT2D eigenvalue weighted by molar-refractivity contribution is 7.15. The molecule has 6 heteroatoms. The number of anilines is 1. The summed E-state index contributed by atoms with van der Waals surface area (Å²) in [5, 5.41) is 12.4. The standard InChI is InChI=1S/C15H19N3O2S/c1-10(2)8-14-17-18-15(21-14)16-13(19)9-11-4-6-12(20-3)7-5-11/h4-7,10H,8-9H2,1-3H3,(H,16,18,19). The van der Waals surface area contributed by atoms with Gasteiger partial charge in [-0.15, -0.1) is 10.2 Å². The van der Waals surface area contributed by atoms with Crippen LogP contribution in [0.1, 0.15) is 24.4 Å². The van der Waals surface area contributed by atoms with E-state index in [2.05, 4.69) is 29.4 Å². The molecule has 0 spiro atoms. The summed E-state index contributed by atoms with van der Waals surface area (Å²) < 4.78 is 5.09. The Morgan fingerprint density at radius 2 is 2.00 bits per heavy atom. The van der Waals surface area contributed by atoms with Gasteiger partial charge in [0.1, 0.15) is 10.8 Å². The summed E-state index contributed by atoms with van der Waals surface area (Å²) in [6.07, 6.45) is 1.19. The summed E-state index contributed by atoms with van der Waals surface area (Å²) in [6.45, 7) is 4.26. The van der Waals surface area contributed by atoms with Gasteiger partial charge in [-0.2, -0.15) is 0 Å². The van der Waals surface area contributed by atoms with Gasteiger partial charge >= 0.3 is 0 Å². The Labute approximate surface area is 128 Å². The molecule has 0 aliphatic rings. The van der Waals surface area contributed by atoms with Gasteiger partial charge < -0.3 is 10.1 Å². The first-order chi connectivity index (χ1) is 10.1. The molecular weight excluding hydrogens is 286 g/mol. The van der Waals surface area contributed by atoms with Gasteiger partial charge in [-0.1, -0.05) is 37.3 Å². The van der Waals surface area contributed by atoms with E-state index in [0.717, 1.165) is 22.7 Å². The van der Waals surface area contributed by atoms with E-state index in [1.807, 2.05) is 24.3 Å². The molecule has 2 aromatic rings. The maximum atomic E-state index is 12.0. The molecule has 2 rings (SSSR count). The molecule has 0 saturated carbocycles. The van der Waals surface area contributed by atoms with Crippen LogP contribution in [-0.2, 0) is 17.6 Å². The molecule has 1 aromatic carbocycles. The number of aromatic nitrogens is 2. The predicted octanol–water partition coefficient (Wildman–Crippen LogP) is 2.93. The highest BCUT2D eigenvalue weighted by Crippen LogP contribution is 2.18. The van der Waals surface area contributed by atoms with Crippen molar-refractivity contribution in [3.63, 3.8) is 0 Å². The van der Waals surface area contributed by atoms with Gasteiger partial charge in [-0.05, 0) is 23.6 Å². The average molecular weight is 305 g/mol. The van der Waals surface area contributed by atoms with Crippen LogP contribution in [0.3, 0.4) is 0 Å². The molecule has 0 radical (unpaired) electrons. The van der Waals surface area contributed by atoms with E-state index < -0.39 is 0 Å². The van der Waals surface area contributed by atoms with E-state index in [4.69, 9.17) is 4.74 Å². The van der Waals surface area contributed by atoms with Gasteiger partial charge in [0.05, 0.1) is 13.5 Å². The molecule has 0 bridgehead atoms. The predicted molar refractivity (Wildman–Crippen MR) is 83.8 cm³/mol. The van der Waals surface area contributed by atoms with Crippen LogP contribution in [0, 0.1) is 5.92 Å². The topological polar surface area (TPSA) is 64.1 Å². The van der Waals surface area contributed by atoms with E-state index in [-0.39, 0.29) is 5.91 Å². The fourth-order valence-corrected chi connectivity index (χ4v) is 2.80. The van der Waals surface area contributed by atoms with Crippen molar-refractivity contribution in [1.29, 1.82) is 0 Å². The van der Waals surface area contributed by atoms with Crippen LogP contribution in [-0.4, -0.2) is 23.2 Å². The molecule has 0 fully saturated rings. The average Bonchev–Trinajstić information content (AvgIpc) is 2.85. The number of hydrogen-bond acceptors (Lipinski definition) is 5. The summed E-state index contributed by atoms with van der Waals surface area (Å²) in [5.74, 6) is 1.22. The van der Waals surface area contributed by atoms with Crippen molar-refractivity contribution < 1.29 is 9.53 Å². The summed E-state index contributed by atoms with van der Waals surface area (Å²) in [7, 11) is 1.62. The highest BCUT2D eigenvalue weighted by atomic mass is 32.1. The van der Waals surface area contributed by atoms with Crippen LogP contribution in [0.2, 0.25) is 0 Å². The lowest BCUT2D eigenvalue weighted by Gasteiger charge is -2.03. The number of carbonyl (C=O) groups excluding carboxylic acids is 1. The fraction of sp³-hybridized carbons (Fsp3) is 0.400. The molecule has 1 aromatic heterocycles. The van der Waals surface area contributed by atoms with E-state index in [1.54, 1.807) is 7.11 Å². The van der Waals surface area contributed by atoms with Crippen LogP contribution >= 0.6 is 11.3 Å². The quantitative estimate of drug-likeness (QED) is 0.891. The normalized spacial score (nSPS) is 10.7. The van der Waals surface area contributed by atoms with Crippen molar-refractivity contribution in [2.24, 2.45) is 5.92 Å². The zero-order chi connectivity index (χ0) is 15.2. The smallest absolute Gasteiger partial charge is 0.230 e. The SMILES string of the molecule is COc1ccc(CC(=O)Nc2nnc(CC(C)C)s2)cc1. The third-order valence-corrected chi connectivity index (χ3v) is 3.68. The third-order valence-electron chi connectivity index (χ3n) is 2.82. The monoisotopic (exact) mass is 305 g/mol. The largest absolute Gasteiger partial charge is 0.497 e. The van der Waals surface area contributed by atoms with Crippen molar-refractivity contribution in [3.8, 4) is 5.75 Å². The number of nitrogens with zero attached hydrogens (tertiary/aromatic N) is 2. The molecular formula is C15H19N3O2S. The van der Waals surface area contributed by atoms with Gasteiger partial charge in [0.25, 0.3) is 0 Å². The molecule has 0 unspecified atom stereocenters. The van der Waals surface area contributed by atoms with Crippen molar-refractivity contribution in [1.82, 2.24) is 10.2 Å². The Morgan fingerprint density at radius 1 is 1.29 bits per heavy atom. The molecule has 21 heavy (non-hydrogen) atoms. The Morgan fingerprint density at radius 3 is 2.62 bits per heavy atom. The van der Waals surface area contributed by atoms with Gasteiger partial charge in [-0.25, -0.2) is 0 Å². The van der Waals surface area contributed by atoms with Crippen molar-refractivity contribution in [2.75, 3.05) is 12.4 Å². The van der Waals surface area contributed by atoms with Crippen LogP contribution in [0.15, 0.2) is 24.3 Å². The minimum Gasteiger partial charge on any atom is -0.497 e. The molecule has 0 saturated heterocycles. The second-order valence-electron chi connectivity index (χ2n) is 5.17. The number of nitrogens with one attached hydrogen (secondary N) is 1. The van der Waals surface area contributed by atoms with Crippen molar-refractivity contribution >= 4 is 22.4 Å². The minimum atomic E-state index is -0.0904. The van der Waals surface area contributed by atoms with Crippen LogP contribution < -0.4 is 10.1 Å². The van der Waals surface area contributed by atoms with Crippen LogP contribution in [0.4, 0.5) is 5.13 Å². The molecule has 0 aliphatic heterocycles. The maximum Gasteiger partial charge on any atom is 0.230 e. The van der Waals surface area contributed by atoms with Gasteiger partial charge in [0, 0.05) is 6.42 Å². The highest BCUT2D eigenvalue weighted by Gasteiger charge is 2.10. The Bertz CT molecular complexity index is 593. The van der Waals surface area contributed by atoms with Gasteiger partial charge in [0.2, 0.25) is 11.0 Å². The maximum absolute atomic E-state index is 12.0. The Balaban J connectivity index is 1.90. The number of ether oxygens (including phenoxy) is 1. The molecule has 1 N–H and O–H groups in total. The summed E-state index contributed by atoms with van der Waals surface area (Å²) in [6, 6.07) is 7.44. The second-order valence-corrected chi connectivity index (χ2v) is 6.23. The first kappa shape index (κ1) is 15.4. The number of carbonyl (C=O) groups is 1. The molecule has 0 aliphatic carbocycles. The third kappa shape index (κ3) is 4.82. The first-order valence-corrected chi connectivity index (χ1v) is 7.63. The molecule has 5 nitrogen and oxygen atoms in total. The zero-order valence-corrected chi connectivity index (χ0v) is 13.2. The Hall–Kier alpha value is -1.95. The number of rotatable bonds is 6. The number of amides is 1. The lowest BCUT2D eigenvalue weighted by molar-refractivity contribution is -0.115. The Kier molecular flexibility index (Phi) is 5.27. The lowest BCUT2D eigenvalue weighted by atomic mass is 10.1. The summed E-state index contributed by atoms with van der Waals surface area (Å²) >= 11 is 1.43. The van der Waals surface area contributed by atoms with Crippen molar-refractivity contribution in [2.45, 2.75) is 26.7 Å². The minimum absolute atomic E-state index is 0.0904. The fourth-order valence-electron chi connectivity index (χ4n) is 1.83.